The smallest absolute Gasteiger partial charge is 0.231 e. The summed E-state index contributed by atoms with van der Waals surface area (Å²) in [6.45, 7) is 1.82. The molecule has 2 aromatic heterocycles. The molecule has 9 heteroatoms. The van der Waals surface area contributed by atoms with Gasteiger partial charge in [-0.25, -0.2) is 4.68 Å². The van der Waals surface area contributed by atoms with Crippen LogP contribution in [0.2, 0.25) is 0 Å². The average molecular weight is 360 g/mol. The third-order valence-electron chi connectivity index (χ3n) is 4.40. The largest absolute Gasteiger partial charge is 0.469 e. The molecule has 1 fully saturated rings. The predicted molar refractivity (Wildman–Crippen MR) is 92.9 cm³/mol. The molecule has 2 heterocycles. The minimum absolute atomic E-state index is 0.128. The first-order chi connectivity index (χ1) is 12.0. The van der Waals surface area contributed by atoms with Gasteiger partial charge < -0.3 is 15.6 Å². The number of furan rings is 1. The van der Waals surface area contributed by atoms with Crippen molar-refractivity contribution in [3.8, 4) is 17.5 Å². The van der Waals surface area contributed by atoms with Crippen molar-refractivity contribution in [2.24, 2.45) is 0 Å². The van der Waals surface area contributed by atoms with Crippen LogP contribution in [0.15, 0.2) is 21.9 Å². The summed E-state index contributed by atoms with van der Waals surface area (Å²) in [5.41, 5.74) is 0.0302. The summed E-state index contributed by atoms with van der Waals surface area (Å²) in [6, 6.07) is 4.04. The van der Waals surface area contributed by atoms with E-state index < -0.39 is 5.54 Å². The molecule has 0 aromatic carbocycles. The number of amides is 1. The lowest BCUT2D eigenvalue weighted by Crippen LogP contribution is -2.49. The number of nitrogens with two attached hydrogens (primary N) is 1. The molecule has 25 heavy (non-hydrogen) atoms. The standard InChI is InChI=1S/C16H20N6O2S/c1-11-12(5-8-24-11)14-20-21-15(22(14)18)25-9-13(23)19-16(10-17)6-3-2-4-7-16/h5,8H,2-4,6-7,9,18H2,1H3,(H,19,23). The van der Waals surface area contributed by atoms with Crippen molar-refractivity contribution in [1.82, 2.24) is 20.2 Å². The van der Waals surface area contributed by atoms with Crippen LogP contribution in [0.5, 0.6) is 0 Å². The number of nitrogens with zero attached hydrogens (tertiary/aromatic N) is 4. The molecule has 8 nitrogen and oxygen atoms in total. The molecular weight excluding hydrogens is 340 g/mol. The fourth-order valence-corrected chi connectivity index (χ4v) is 3.69. The second kappa shape index (κ2) is 7.19. The van der Waals surface area contributed by atoms with E-state index in [1.165, 1.54) is 16.4 Å². The van der Waals surface area contributed by atoms with Crippen LogP contribution in [0.4, 0.5) is 0 Å². The molecule has 0 spiro atoms. The van der Waals surface area contributed by atoms with Gasteiger partial charge in [-0.2, -0.15) is 5.26 Å². The first-order valence-electron chi connectivity index (χ1n) is 8.15. The highest BCUT2D eigenvalue weighted by Crippen LogP contribution is 2.28. The van der Waals surface area contributed by atoms with Crippen LogP contribution in [0.25, 0.3) is 11.4 Å². The van der Waals surface area contributed by atoms with E-state index in [9.17, 15) is 10.1 Å². The number of hydrogen-bond acceptors (Lipinski definition) is 7. The number of rotatable bonds is 5. The van der Waals surface area contributed by atoms with Gasteiger partial charge in [0.25, 0.3) is 0 Å². The van der Waals surface area contributed by atoms with Crippen LogP contribution < -0.4 is 11.2 Å². The Morgan fingerprint density at radius 3 is 2.88 bits per heavy atom. The van der Waals surface area contributed by atoms with E-state index in [1.807, 2.05) is 6.92 Å². The highest BCUT2D eigenvalue weighted by atomic mass is 32.2. The molecule has 0 unspecified atom stereocenters. The van der Waals surface area contributed by atoms with Gasteiger partial charge in [-0.05, 0) is 25.8 Å². The number of aromatic nitrogens is 3. The van der Waals surface area contributed by atoms with Crippen molar-refractivity contribution < 1.29 is 9.21 Å². The lowest BCUT2D eigenvalue weighted by atomic mass is 9.83. The van der Waals surface area contributed by atoms with E-state index in [0.29, 0.717) is 29.6 Å². The molecule has 0 bridgehead atoms. The highest BCUT2D eigenvalue weighted by Gasteiger charge is 2.33. The second-order valence-electron chi connectivity index (χ2n) is 6.16. The van der Waals surface area contributed by atoms with Crippen molar-refractivity contribution in [3.63, 3.8) is 0 Å². The molecule has 0 atom stereocenters. The topological polar surface area (TPSA) is 123 Å². The molecule has 0 aliphatic heterocycles. The third kappa shape index (κ3) is 3.64. The van der Waals surface area contributed by atoms with Crippen LogP contribution in [-0.4, -0.2) is 32.1 Å². The Hall–Kier alpha value is -2.47. The van der Waals surface area contributed by atoms with Gasteiger partial charge in [0.1, 0.15) is 11.3 Å². The van der Waals surface area contributed by atoms with Gasteiger partial charge in [-0.15, -0.1) is 10.2 Å². The number of aryl methyl sites for hydroxylation is 1. The normalized spacial score (nSPS) is 16.3. The van der Waals surface area contributed by atoms with E-state index in [0.717, 1.165) is 24.8 Å². The minimum atomic E-state index is -0.731. The van der Waals surface area contributed by atoms with Gasteiger partial charge in [-0.3, -0.25) is 4.79 Å². The molecule has 132 valence electrons. The summed E-state index contributed by atoms with van der Waals surface area (Å²) in [5, 5.41) is 20.8. The first kappa shape index (κ1) is 17.4. The van der Waals surface area contributed by atoms with Crippen molar-refractivity contribution in [3.05, 3.63) is 18.1 Å². The Morgan fingerprint density at radius 1 is 1.48 bits per heavy atom. The zero-order valence-electron chi connectivity index (χ0n) is 14.0. The molecule has 2 aromatic rings. The Bertz CT molecular complexity index is 800. The van der Waals surface area contributed by atoms with Crippen LogP contribution in [0.3, 0.4) is 0 Å². The van der Waals surface area contributed by atoms with Gasteiger partial charge in [-0.1, -0.05) is 31.0 Å². The Morgan fingerprint density at radius 2 is 2.24 bits per heavy atom. The van der Waals surface area contributed by atoms with Gasteiger partial charge in [0.2, 0.25) is 11.1 Å². The zero-order valence-corrected chi connectivity index (χ0v) is 14.8. The fraction of sp³-hybridized carbons (Fsp3) is 0.500. The van der Waals surface area contributed by atoms with Crippen LogP contribution in [0, 0.1) is 18.3 Å². The van der Waals surface area contributed by atoms with Gasteiger partial charge in [0.15, 0.2) is 5.82 Å². The molecule has 3 rings (SSSR count). The Balaban J connectivity index is 1.62. The monoisotopic (exact) mass is 360 g/mol. The molecule has 0 saturated heterocycles. The molecular formula is C16H20N6O2S. The summed E-state index contributed by atoms with van der Waals surface area (Å²) >= 11 is 1.19. The second-order valence-corrected chi connectivity index (χ2v) is 7.10. The quantitative estimate of drug-likeness (QED) is 0.617. The lowest BCUT2D eigenvalue weighted by molar-refractivity contribution is -0.120. The number of thioether (sulfide) groups is 1. The molecule has 1 aliphatic rings. The number of carbonyl (C=O) groups is 1. The molecule has 3 N–H and O–H groups in total. The van der Waals surface area contributed by atoms with E-state index in [2.05, 4.69) is 21.6 Å². The van der Waals surface area contributed by atoms with E-state index in [-0.39, 0.29) is 11.7 Å². The maximum Gasteiger partial charge on any atom is 0.231 e. The third-order valence-corrected chi connectivity index (χ3v) is 5.34. The maximum atomic E-state index is 12.3. The lowest BCUT2D eigenvalue weighted by Gasteiger charge is -2.31. The van der Waals surface area contributed by atoms with Crippen LogP contribution >= 0.6 is 11.8 Å². The average Bonchev–Trinajstić information content (AvgIpc) is 3.19. The van der Waals surface area contributed by atoms with Crippen molar-refractivity contribution in [1.29, 1.82) is 5.26 Å². The molecule has 1 aliphatic carbocycles. The number of carbonyl (C=O) groups excluding carboxylic acids is 1. The molecule has 1 amide bonds. The molecule has 0 radical (unpaired) electrons. The summed E-state index contributed by atoms with van der Waals surface area (Å²) in [7, 11) is 0. The predicted octanol–water partition coefficient (Wildman–Crippen LogP) is 2.00. The summed E-state index contributed by atoms with van der Waals surface area (Å²) in [5.74, 6) is 7.14. The number of nitrogen functional groups attached to an aromatic ring is 1. The summed E-state index contributed by atoms with van der Waals surface area (Å²) in [6.07, 6.45) is 6.01. The summed E-state index contributed by atoms with van der Waals surface area (Å²) in [4.78, 5) is 12.3. The van der Waals surface area contributed by atoms with Crippen molar-refractivity contribution >= 4 is 17.7 Å². The first-order valence-corrected chi connectivity index (χ1v) is 9.13. The van der Waals surface area contributed by atoms with Crippen molar-refractivity contribution in [2.45, 2.75) is 49.7 Å². The van der Waals surface area contributed by atoms with Crippen molar-refractivity contribution in [2.75, 3.05) is 11.6 Å². The zero-order chi connectivity index (χ0) is 17.9. The number of nitrogens with one attached hydrogen (secondary N) is 1. The highest BCUT2D eigenvalue weighted by molar-refractivity contribution is 7.99. The SMILES string of the molecule is Cc1occc1-c1nnc(SCC(=O)NC2(C#N)CCCCC2)n1N. The fourth-order valence-electron chi connectivity index (χ4n) is 3.03. The summed E-state index contributed by atoms with van der Waals surface area (Å²) < 4.78 is 6.59. The van der Waals surface area contributed by atoms with Crippen LogP contribution in [0.1, 0.15) is 37.9 Å². The Labute approximate surface area is 149 Å². The van der Waals surface area contributed by atoms with E-state index in [1.54, 1.807) is 12.3 Å². The van der Waals surface area contributed by atoms with E-state index >= 15 is 0 Å². The Kier molecular flexibility index (Phi) is 4.99. The molecule has 1 saturated carbocycles. The minimum Gasteiger partial charge on any atom is -0.469 e. The van der Waals surface area contributed by atoms with Gasteiger partial charge in [0, 0.05) is 0 Å². The van der Waals surface area contributed by atoms with Crippen LogP contribution in [-0.2, 0) is 4.79 Å². The maximum absolute atomic E-state index is 12.3. The number of hydrogen-bond donors (Lipinski definition) is 2. The van der Waals surface area contributed by atoms with Gasteiger partial charge in [0.05, 0.1) is 23.6 Å². The van der Waals surface area contributed by atoms with E-state index in [4.69, 9.17) is 10.3 Å². The van der Waals surface area contributed by atoms with Gasteiger partial charge >= 0.3 is 0 Å². The number of nitriles is 1.